The van der Waals surface area contributed by atoms with E-state index >= 15 is 0 Å². The van der Waals surface area contributed by atoms with Crippen molar-refractivity contribution in [2.24, 2.45) is 5.16 Å². The minimum atomic E-state index is -0.223. The molecular formula is C23H26N4O2. The van der Waals surface area contributed by atoms with E-state index in [2.05, 4.69) is 16.7 Å². The lowest BCUT2D eigenvalue weighted by atomic mass is 10.0. The van der Waals surface area contributed by atoms with Gasteiger partial charge < -0.3 is 21.0 Å². The van der Waals surface area contributed by atoms with Gasteiger partial charge in [-0.1, -0.05) is 53.7 Å². The average Bonchev–Trinajstić information content (AvgIpc) is 3.17. The number of aromatic nitrogens is 1. The summed E-state index contributed by atoms with van der Waals surface area (Å²) in [6.07, 6.45) is 6.79. The molecule has 1 atom stereocenters. The second-order valence-electron chi connectivity index (χ2n) is 6.90. The Morgan fingerprint density at radius 1 is 1.21 bits per heavy atom. The lowest BCUT2D eigenvalue weighted by Crippen LogP contribution is -2.06. The first-order chi connectivity index (χ1) is 14.0. The molecule has 3 rings (SSSR count). The summed E-state index contributed by atoms with van der Waals surface area (Å²) in [6, 6.07) is 13.6. The van der Waals surface area contributed by atoms with Gasteiger partial charge in [0.25, 0.3) is 0 Å². The Kier molecular flexibility index (Phi) is 6.68. The van der Waals surface area contributed by atoms with E-state index in [1.54, 1.807) is 12.1 Å². The second-order valence-corrected chi connectivity index (χ2v) is 6.90. The van der Waals surface area contributed by atoms with E-state index in [1.165, 1.54) is 0 Å². The number of rotatable bonds is 8. The Labute approximate surface area is 171 Å². The van der Waals surface area contributed by atoms with Gasteiger partial charge in [0.15, 0.2) is 6.10 Å². The van der Waals surface area contributed by atoms with Crippen LogP contribution in [0.5, 0.6) is 0 Å². The lowest BCUT2D eigenvalue weighted by Gasteiger charge is -2.10. The normalized spacial score (nSPS) is 16.9. The van der Waals surface area contributed by atoms with Crippen molar-refractivity contribution in [3.05, 3.63) is 89.7 Å². The zero-order chi connectivity index (χ0) is 20.6. The molecule has 2 heterocycles. The van der Waals surface area contributed by atoms with Crippen LogP contribution in [0.3, 0.4) is 0 Å². The first kappa shape index (κ1) is 20.2. The van der Waals surface area contributed by atoms with Crippen molar-refractivity contribution >= 4 is 17.3 Å². The zero-order valence-corrected chi connectivity index (χ0v) is 16.5. The Balaban J connectivity index is 1.55. The van der Waals surface area contributed by atoms with Crippen molar-refractivity contribution in [3.8, 4) is 0 Å². The van der Waals surface area contributed by atoms with Crippen molar-refractivity contribution in [2.45, 2.75) is 32.5 Å². The number of pyridine rings is 1. The lowest BCUT2D eigenvalue weighted by molar-refractivity contribution is 0.0860. The summed E-state index contributed by atoms with van der Waals surface area (Å²) in [5.41, 5.74) is 15.6. The summed E-state index contributed by atoms with van der Waals surface area (Å²) in [6.45, 7) is 6.37. The highest BCUT2D eigenvalue weighted by Gasteiger charge is 2.25. The van der Waals surface area contributed by atoms with Crippen LogP contribution < -0.4 is 11.5 Å². The Morgan fingerprint density at radius 2 is 2.00 bits per heavy atom. The molecule has 29 heavy (non-hydrogen) atoms. The monoisotopic (exact) mass is 390 g/mol. The third kappa shape index (κ3) is 5.72. The Bertz CT molecular complexity index is 949. The minimum absolute atomic E-state index is 0.223. The molecule has 1 aromatic heterocycles. The van der Waals surface area contributed by atoms with Gasteiger partial charge in [0, 0.05) is 18.4 Å². The third-order valence-corrected chi connectivity index (χ3v) is 4.52. The molecule has 4 N–H and O–H groups in total. The van der Waals surface area contributed by atoms with Crippen LogP contribution in [0.15, 0.2) is 83.8 Å². The maximum atomic E-state index is 5.95. The summed E-state index contributed by atoms with van der Waals surface area (Å²) in [4.78, 5) is 9.64. The fourth-order valence-corrected chi connectivity index (χ4v) is 2.99. The fourth-order valence-electron chi connectivity index (χ4n) is 2.99. The fraction of sp³-hybridized carbons (Fsp3) is 0.217. The van der Waals surface area contributed by atoms with Crippen molar-refractivity contribution in [1.29, 1.82) is 0 Å². The molecule has 1 aliphatic rings. The molecule has 1 aliphatic heterocycles. The summed E-state index contributed by atoms with van der Waals surface area (Å²) in [5, 5.41) is 4.21. The number of nitrogens with two attached hydrogens (primary N) is 2. The predicted molar refractivity (Wildman–Crippen MR) is 117 cm³/mol. The summed E-state index contributed by atoms with van der Waals surface area (Å²) in [7, 11) is 0. The van der Waals surface area contributed by atoms with Gasteiger partial charge in [-0.15, -0.1) is 0 Å². The number of nitrogens with zero attached hydrogens (tertiary/aromatic N) is 2. The molecule has 6 heteroatoms. The van der Waals surface area contributed by atoms with Gasteiger partial charge >= 0.3 is 0 Å². The number of ether oxygens (including phenoxy) is 1. The highest BCUT2D eigenvalue weighted by molar-refractivity contribution is 5.87. The first-order valence-corrected chi connectivity index (χ1v) is 9.45. The Morgan fingerprint density at radius 3 is 2.72 bits per heavy atom. The number of allylic oxidation sites excluding steroid dienone is 4. The minimum Gasteiger partial charge on any atom is -0.489 e. The summed E-state index contributed by atoms with van der Waals surface area (Å²) < 4.78 is 5.81. The molecule has 0 fully saturated rings. The largest absolute Gasteiger partial charge is 0.489 e. The maximum absolute atomic E-state index is 5.95. The number of anilines is 2. The van der Waals surface area contributed by atoms with Crippen LogP contribution in [0.1, 0.15) is 37.0 Å². The van der Waals surface area contributed by atoms with Crippen LogP contribution in [-0.4, -0.2) is 10.7 Å². The van der Waals surface area contributed by atoms with Gasteiger partial charge in [0.1, 0.15) is 24.0 Å². The highest BCUT2D eigenvalue weighted by Crippen LogP contribution is 2.32. The summed E-state index contributed by atoms with van der Waals surface area (Å²) >= 11 is 0. The van der Waals surface area contributed by atoms with Crippen LogP contribution in [0.2, 0.25) is 0 Å². The first-order valence-electron chi connectivity index (χ1n) is 9.45. The molecule has 1 aromatic carbocycles. The zero-order valence-electron chi connectivity index (χ0n) is 16.5. The topological polar surface area (TPSA) is 95.8 Å². The van der Waals surface area contributed by atoms with E-state index in [0.29, 0.717) is 31.1 Å². The van der Waals surface area contributed by atoms with Crippen LogP contribution in [0.4, 0.5) is 11.6 Å². The van der Waals surface area contributed by atoms with Gasteiger partial charge in [0.05, 0.1) is 5.71 Å². The van der Waals surface area contributed by atoms with Gasteiger partial charge in [-0.3, -0.25) is 0 Å². The molecule has 150 valence electrons. The van der Waals surface area contributed by atoms with Crippen molar-refractivity contribution < 1.29 is 9.57 Å². The molecular weight excluding hydrogens is 364 g/mol. The van der Waals surface area contributed by atoms with Crippen molar-refractivity contribution in [2.75, 3.05) is 11.5 Å². The average molecular weight is 390 g/mol. The van der Waals surface area contributed by atoms with Crippen molar-refractivity contribution in [1.82, 2.24) is 4.98 Å². The van der Waals surface area contributed by atoms with Crippen LogP contribution in [-0.2, 0) is 16.2 Å². The standard InChI is InChI=1S/C23H26N4O2/c1-3-19(28-15-17-7-5-4-6-8-17)10-9-16(2)13-18-14-21(29-27-18)20-11-12-22(24)26-23(20)25/h3-12,21H,1,13-15H2,2H3,(H4,24,25,26)/b16-9+,19-10+. The van der Waals surface area contributed by atoms with Crippen molar-refractivity contribution in [3.63, 3.8) is 0 Å². The molecule has 0 bridgehead atoms. The number of nitrogen functional groups attached to an aromatic ring is 2. The van der Waals surface area contributed by atoms with Gasteiger partial charge in [0.2, 0.25) is 0 Å². The summed E-state index contributed by atoms with van der Waals surface area (Å²) in [5.74, 6) is 1.49. The highest BCUT2D eigenvalue weighted by atomic mass is 16.6. The number of oxime groups is 1. The molecule has 0 aliphatic carbocycles. The molecule has 0 saturated carbocycles. The van der Waals surface area contributed by atoms with Crippen LogP contribution in [0, 0.1) is 0 Å². The van der Waals surface area contributed by atoms with Crippen LogP contribution in [0.25, 0.3) is 0 Å². The second kappa shape index (κ2) is 9.59. The van der Waals surface area contributed by atoms with Gasteiger partial charge in [-0.2, -0.15) is 0 Å². The molecule has 0 saturated heterocycles. The molecule has 1 unspecified atom stereocenters. The van der Waals surface area contributed by atoms with E-state index in [0.717, 1.165) is 28.2 Å². The van der Waals surface area contributed by atoms with E-state index in [-0.39, 0.29) is 6.10 Å². The van der Waals surface area contributed by atoms with E-state index < -0.39 is 0 Å². The molecule has 0 spiro atoms. The Hall–Kier alpha value is -3.54. The van der Waals surface area contributed by atoms with E-state index in [4.69, 9.17) is 21.0 Å². The van der Waals surface area contributed by atoms with Crippen LogP contribution >= 0.6 is 0 Å². The molecule has 0 radical (unpaired) electrons. The number of benzene rings is 1. The van der Waals surface area contributed by atoms with Gasteiger partial charge in [-0.25, -0.2) is 4.98 Å². The third-order valence-electron chi connectivity index (χ3n) is 4.52. The maximum Gasteiger partial charge on any atom is 0.161 e. The smallest absolute Gasteiger partial charge is 0.161 e. The number of hydrogen-bond donors (Lipinski definition) is 2. The molecule has 2 aromatic rings. The number of hydrogen-bond acceptors (Lipinski definition) is 6. The van der Waals surface area contributed by atoms with Gasteiger partial charge in [-0.05, 0) is 36.8 Å². The molecule has 0 amide bonds. The van der Waals surface area contributed by atoms with E-state index in [9.17, 15) is 0 Å². The quantitative estimate of drug-likeness (QED) is 0.504. The SMILES string of the molecule is C=C/C(=C\C=C(/C)CC1=NOC(c2ccc(N)nc2N)C1)OCc1ccccc1. The predicted octanol–water partition coefficient (Wildman–Crippen LogP) is 4.69. The van der Waals surface area contributed by atoms with E-state index in [1.807, 2.05) is 55.5 Å². The molecule has 6 nitrogen and oxygen atoms in total.